The van der Waals surface area contributed by atoms with Crippen molar-refractivity contribution in [1.29, 1.82) is 0 Å². The number of nitrogens with one attached hydrogen (secondary N) is 1. The van der Waals surface area contributed by atoms with Crippen LogP contribution in [0.4, 0.5) is 16.5 Å². The Hall–Kier alpha value is -2.01. The minimum Gasteiger partial charge on any atom is -0.431 e. The number of halogens is 1. The third-order valence-electron chi connectivity index (χ3n) is 2.93. The summed E-state index contributed by atoms with van der Waals surface area (Å²) in [5.41, 5.74) is 1.30. The Morgan fingerprint density at radius 1 is 1.43 bits per heavy atom. The van der Waals surface area contributed by atoms with Gasteiger partial charge in [0, 0.05) is 6.54 Å². The molecule has 1 N–H and O–H groups in total. The monoisotopic (exact) mass is 307 g/mol. The number of anilines is 2. The van der Waals surface area contributed by atoms with Gasteiger partial charge in [0.1, 0.15) is 6.26 Å². The summed E-state index contributed by atoms with van der Waals surface area (Å²) in [6.45, 7) is 4.41. The standard InChI is InChI=1S/C15H18ClN3O2/c1-3-4-9-19(15-17-11(2)10-21-15)14(20)18-13-8-6-5-7-12(13)16/h5-8,10H,3-4,9H2,1-2H3,(H,18,20). The summed E-state index contributed by atoms with van der Waals surface area (Å²) in [4.78, 5) is 18.1. The Balaban J connectivity index is 2.16. The number of hydrogen-bond acceptors (Lipinski definition) is 3. The predicted molar refractivity (Wildman–Crippen MR) is 84.0 cm³/mol. The number of aromatic nitrogens is 1. The van der Waals surface area contributed by atoms with Crippen molar-refractivity contribution in [3.63, 3.8) is 0 Å². The van der Waals surface area contributed by atoms with Gasteiger partial charge in [-0.2, -0.15) is 4.98 Å². The number of hydrogen-bond donors (Lipinski definition) is 1. The van der Waals surface area contributed by atoms with E-state index in [1.165, 1.54) is 11.2 Å². The summed E-state index contributed by atoms with van der Waals surface area (Å²) in [6.07, 6.45) is 3.35. The summed E-state index contributed by atoms with van der Waals surface area (Å²) in [7, 11) is 0. The van der Waals surface area contributed by atoms with E-state index in [0.717, 1.165) is 18.5 Å². The molecular weight excluding hydrogens is 290 g/mol. The smallest absolute Gasteiger partial charge is 0.329 e. The highest BCUT2D eigenvalue weighted by Gasteiger charge is 2.20. The van der Waals surface area contributed by atoms with E-state index in [-0.39, 0.29) is 6.03 Å². The van der Waals surface area contributed by atoms with Crippen LogP contribution in [-0.4, -0.2) is 17.6 Å². The van der Waals surface area contributed by atoms with Crippen LogP contribution >= 0.6 is 11.6 Å². The van der Waals surface area contributed by atoms with Gasteiger partial charge in [-0.05, 0) is 25.5 Å². The minimum atomic E-state index is -0.307. The van der Waals surface area contributed by atoms with E-state index in [2.05, 4.69) is 17.2 Å². The Kier molecular flexibility index (Phi) is 5.22. The first-order valence-electron chi connectivity index (χ1n) is 6.87. The maximum absolute atomic E-state index is 12.4. The number of urea groups is 1. The van der Waals surface area contributed by atoms with E-state index >= 15 is 0 Å². The van der Waals surface area contributed by atoms with E-state index in [0.29, 0.717) is 23.3 Å². The lowest BCUT2D eigenvalue weighted by Crippen LogP contribution is -2.36. The van der Waals surface area contributed by atoms with Crippen molar-refractivity contribution >= 4 is 29.3 Å². The van der Waals surface area contributed by atoms with Crippen LogP contribution in [0.5, 0.6) is 0 Å². The molecule has 1 heterocycles. The van der Waals surface area contributed by atoms with Crippen LogP contribution in [0.15, 0.2) is 34.9 Å². The molecule has 112 valence electrons. The highest BCUT2D eigenvalue weighted by Crippen LogP contribution is 2.22. The molecule has 0 saturated carbocycles. The van der Waals surface area contributed by atoms with Gasteiger partial charge in [-0.15, -0.1) is 0 Å². The molecule has 2 amide bonds. The topological polar surface area (TPSA) is 58.4 Å². The molecule has 0 aliphatic rings. The van der Waals surface area contributed by atoms with E-state index in [9.17, 15) is 4.79 Å². The van der Waals surface area contributed by atoms with Crippen LogP contribution in [0.25, 0.3) is 0 Å². The zero-order valence-corrected chi connectivity index (χ0v) is 12.9. The van der Waals surface area contributed by atoms with Gasteiger partial charge in [-0.1, -0.05) is 37.1 Å². The molecule has 0 saturated heterocycles. The Bertz CT molecular complexity index is 612. The van der Waals surface area contributed by atoms with Crippen LogP contribution in [0.2, 0.25) is 5.02 Å². The van der Waals surface area contributed by atoms with Crippen molar-refractivity contribution in [3.8, 4) is 0 Å². The second-order valence-electron chi connectivity index (χ2n) is 4.69. The Morgan fingerprint density at radius 2 is 2.19 bits per heavy atom. The number of rotatable bonds is 5. The number of amides is 2. The average molecular weight is 308 g/mol. The molecule has 0 radical (unpaired) electrons. The molecule has 2 rings (SSSR count). The van der Waals surface area contributed by atoms with Crippen LogP contribution in [0, 0.1) is 6.92 Å². The van der Waals surface area contributed by atoms with Gasteiger partial charge >= 0.3 is 12.0 Å². The van der Waals surface area contributed by atoms with Gasteiger partial charge < -0.3 is 9.73 Å². The highest BCUT2D eigenvalue weighted by atomic mass is 35.5. The molecule has 5 nitrogen and oxygen atoms in total. The summed E-state index contributed by atoms with van der Waals surface area (Å²) in [5.74, 6) is 0. The lowest BCUT2D eigenvalue weighted by atomic mass is 10.3. The van der Waals surface area contributed by atoms with E-state index < -0.39 is 0 Å². The second-order valence-corrected chi connectivity index (χ2v) is 5.09. The molecule has 0 spiro atoms. The van der Waals surface area contributed by atoms with Crippen molar-refractivity contribution in [2.24, 2.45) is 0 Å². The van der Waals surface area contributed by atoms with Crippen LogP contribution in [-0.2, 0) is 0 Å². The fourth-order valence-electron chi connectivity index (χ4n) is 1.81. The molecule has 1 aromatic carbocycles. The Labute approximate surface area is 128 Å². The van der Waals surface area contributed by atoms with Gasteiger partial charge in [-0.3, -0.25) is 0 Å². The first-order chi connectivity index (χ1) is 10.1. The molecule has 0 bridgehead atoms. The number of carbonyl (C=O) groups is 1. The van der Waals surface area contributed by atoms with Gasteiger partial charge in [0.15, 0.2) is 0 Å². The SMILES string of the molecule is CCCCN(C(=O)Nc1ccccc1Cl)c1nc(C)co1. The zero-order valence-electron chi connectivity index (χ0n) is 12.1. The second kappa shape index (κ2) is 7.13. The van der Waals surface area contributed by atoms with Crippen molar-refractivity contribution in [2.75, 3.05) is 16.8 Å². The fraction of sp³-hybridized carbons (Fsp3) is 0.333. The first kappa shape index (κ1) is 15.4. The van der Waals surface area contributed by atoms with E-state index in [4.69, 9.17) is 16.0 Å². The van der Waals surface area contributed by atoms with Gasteiger partial charge in [0.2, 0.25) is 0 Å². The largest absolute Gasteiger partial charge is 0.431 e. The number of unbranched alkanes of at least 4 members (excludes halogenated alkanes) is 1. The van der Waals surface area contributed by atoms with Crippen molar-refractivity contribution in [2.45, 2.75) is 26.7 Å². The molecular formula is C15H18ClN3O2. The number of carbonyl (C=O) groups excluding carboxylic acids is 1. The van der Waals surface area contributed by atoms with Gasteiger partial charge in [0.25, 0.3) is 0 Å². The number of aryl methyl sites for hydroxylation is 1. The molecule has 0 atom stereocenters. The summed E-state index contributed by atoms with van der Waals surface area (Å²) in [6, 6.07) is 7.09. The number of nitrogens with zero attached hydrogens (tertiary/aromatic N) is 2. The first-order valence-corrected chi connectivity index (χ1v) is 7.24. The molecule has 0 unspecified atom stereocenters. The number of oxazole rings is 1. The minimum absolute atomic E-state index is 0.297. The molecule has 0 aliphatic heterocycles. The molecule has 2 aromatic rings. The average Bonchev–Trinajstić information content (AvgIpc) is 2.88. The molecule has 0 aliphatic carbocycles. The van der Waals surface area contributed by atoms with Crippen LogP contribution in [0.3, 0.4) is 0 Å². The predicted octanol–water partition coefficient (Wildman–Crippen LogP) is 4.48. The number of para-hydroxylation sites is 1. The zero-order chi connectivity index (χ0) is 15.2. The van der Waals surface area contributed by atoms with Gasteiger partial charge in [0.05, 0.1) is 16.4 Å². The fourth-order valence-corrected chi connectivity index (χ4v) is 1.99. The molecule has 6 heteroatoms. The van der Waals surface area contributed by atoms with Crippen molar-refractivity contribution in [1.82, 2.24) is 4.98 Å². The normalized spacial score (nSPS) is 10.4. The lowest BCUT2D eigenvalue weighted by Gasteiger charge is -2.19. The van der Waals surface area contributed by atoms with Crippen LogP contribution in [0.1, 0.15) is 25.5 Å². The maximum atomic E-state index is 12.4. The molecule has 21 heavy (non-hydrogen) atoms. The van der Waals surface area contributed by atoms with Gasteiger partial charge in [-0.25, -0.2) is 9.69 Å². The highest BCUT2D eigenvalue weighted by molar-refractivity contribution is 6.33. The van der Waals surface area contributed by atoms with Crippen LogP contribution < -0.4 is 10.2 Å². The Morgan fingerprint density at radius 3 is 2.81 bits per heavy atom. The van der Waals surface area contributed by atoms with Crippen molar-refractivity contribution < 1.29 is 9.21 Å². The molecule has 1 aromatic heterocycles. The lowest BCUT2D eigenvalue weighted by molar-refractivity contribution is 0.255. The third kappa shape index (κ3) is 3.98. The van der Waals surface area contributed by atoms with Crippen molar-refractivity contribution in [3.05, 3.63) is 41.2 Å². The third-order valence-corrected chi connectivity index (χ3v) is 3.26. The summed E-state index contributed by atoms with van der Waals surface area (Å²) < 4.78 is 5.33. The maximum Gasteiger partial charge on any atom is 0.329 e. The quantitative estimate of drug-likeness (QED) is 0.886. The van der Waals surface area contributed by atoms with E-state index in [1.54, 1.807) is 12.1 Å². The number of benzene rings is 1. The summed E-state index contributed by atoms with van der Waals surface area (Å²) in [5, 5.41) is 3.27. The summed E-state index contributed by atoms with van der Waals surface area (Å²) >= 11 is 6.06. The van der Waals surface area contributed by atoms with E-state index in [1.807, 2.05) is 19.1 Å². The molecule has 0 fully saturated rings.